The minimum absolute atomic E-state index is 0.650. The molecule has 1 aromatic heterocycles. The maximum atomic E-state index is 9.87. The van der Waals surface area contributed by atoms with Crippen LogP contribution in [-0.4, -0.2) is 7.11 Å². The molecule has 1 aromatic rings. The number of aromatic nitrogens is 1. The van der Waals surface area contributed by atoms with Crippen LogP contribution in [0.15, 0.2) is 24.4 Å². The Kier molecular flexibility index (Phi) is 3.37. The minimum atomic E-state index is -10.7. The van der Waals surface area contributed by atoms with Gasteiger partial charge in [0.15, 0.2) is 0 Å². The molecule has 0 unspecified atom stereocenters. The van der Waals surface area contributed by atoms with Crippen molar-refractivity contribution in [3.8, 4) is 5.88 Å². The number of nitrogens with two attached hydrogens (primary N) is 1. The number of nitrogens with zero attached hydrogens (tertiary/aromatic N) is 1. The molecule has 2 N–H and O–H groups in total. The van der Waals surface area contributed by atoms with Gasteiger partial charge in [-0.1, -0.05) is 4.68 Å². The molecule has 0 radical (unpaired) electrons. The summed E-state index contributed by atoms with van der Waals surface area (Å²) in [7, 11) is -9.08. The zero-order chi connectivity index (χ0) is 13.1. The Morgan fingerprint density at radius 3 is 1.81 bits per heavy atom. The van der Waals surface area contributed by atoms with E-state index in [1.807, 2.05) is 12.1 Å². The van der Waals surface area contributed by atoms with Gasteiger partial charge >= 0.3 is 38.9 Å². The predicted octanol–water partition coefficient (Wildman–Crippen LogP) is 3.08. The Labute approximate surface area is 86.6 Å². The SMILES string of the molecule is COc1cccc[n+]1N.F[P-](F)(F)(F)(F)F. The molecule has 0 amide bonds. The molecule has 0 aliphatic rings. The number of hydrogen-bond donors (Lipinski definition) is 1. The number of nitrogen functional groups attached to an aromatic ring is 1. The van der Waals surface area contributed by atoms with Gasteiger partial charge in [0, 0.05) is 6.07 Å². The predicted molar refractivity (Wildman–Crippen MR) is 46.9 cm³/mol. The maximum absolute atomic E-state index is 10.7. The van der Waals surface area contributed by atoms with E-state index in [9.17, 15) is 25.2 Å². The van der Waals surface area contributed by atoms with E-state index in [2.05, 4.69) is 0 Å². The van der Waals surface area contributed by atoms with Crippen LogP contribution in [0.3, 0.4) is 0 Å². The summed E-state index contributed by atoms with van der Waals surface area (Å²) in [6.45, 7) is 0. The van der Waals surface area contributed by atoms with Crippen LogP contribution in [0, 0.1) is 0 Å². The Balaban J connectivity index is 0.000000293. The Morgan fingerprint density at radius 1 is 1.12 bits per heavy atom. The first-order chi connectivity index (χ1) is 6.79. The Morgan fingerprint density at radius 2 is 1.56 bits per heavy atom. The van der Waals surface area contributed by atoms with Crippen LogP contribution in [0.2, 0.25) is 0 Å². The van der Waals surface area contributed by atoms with E-state index in [1.165, 1.54) is 4.68 Å². The Bertz CT molecular complexity index is 352. The molecule has 0 aliphatic heterocycles. The summed E-state index contributed by atoms with van der Waals surface area (Å²) in [6, 6.07) is 5.49. The van der Waals surface area contributed by atoms with E-state index >= 15 is 0 Å². The summed E-state index contributed by atoms with van der Waals surface area (Å²) >= 11 is 0. The molecule has 3 nitrogen and oxygen atoms in total. The van der Waals surface area contributed by atoms with Crippen molar-refractivity contribution in [2.45, 2.75) is 0 Å². The van der Waals surface area contributed by atoms with Crippen molar-refractivity contribution in [2.75, 3.05) is 13.0 Å². The van der Waals surface area contributed by atoms with Gasteiger partial charge in [0.2, 0.25) is 6.20 Å². The second-order valence-corrected chi connectivity index (χ2v) is 4.53. The second-order valence-electron chi connectivity index (χ2n) is 2.61. The van der Waals surface area contributed by atoms with E-state index in [-0.39, 0.29) is 0 Å². The summed E-state index contributed by atoms with van der Waals surface area (Å²) in [5.74, 6) is 6.07. The molecule has 0 atom stereocenters. The molecule has 10 heteroatoms. The fourth-order valence-electron chi connectivity index (χ4n) is 0.613. The van der Waals surface area contributed by atoms with Crippen molar-refractivity contribution in [1.82, 2.24) is 0 Å². The molecule has 1 rings (SSSR count). The van der Waals surface area contributed by atoms with Crippen molar-refractivity contribution in [3.63, 3.8) is 0 Å². The van der Waals surface area contributed by atoms with Crippen molar-refractivity contribution in [2.24, 2.45) is 0 Å². The summed E-state index contributed by atoms with van der Waals surface area (Å²) in [5.41, 5.74) is 0. The number of rotatable bonds is 1. The van der Waals surface area contributed by atoms with E-state index in [0.717, 1.165) is 0 Å². The third kappa shape index (κ3) is 12.8. The summed E-state index contributed by atoms with van der Waals surface area (Å²) in [5, 5.41) is 0. The van der Waals surface area contributed by atoms with Gasteiger partial charge in [0.1, 0.15) is 0 Å². The van der Waals surface area contributed by atoms with E-state index in [1.54, 1.807) is 19.4 Å². The number of methoxy groups -OCH3 is 1. The van der Waals surface area contributed by atoms with Crippen LogP contribution in [-0.2, 0) is 0 Å². The van der Waals surface area contributed by atoms with E-state index in [0.29, 0.717) is 5.88 Å². The third-order valence-electron chi connectivity index (χ3n) is 1.06. The van der Waals surface area contributed by atoms with Crippen molar-refractivity contribution >= 4 is 7.81 Å². The van der Waals surface area contributed by atoms with Crippen molar-refractivity contribution in [1.29, 1.82) is 0 Å². The van der Waals surface area contributed by atoms with Crippen LogP contribution in [0.4, 0.5) is 25.2 Å². The van der Waals surface area contributed by atoms with Gasteiger partial charge in [-0.3, -0.25) is 0 Å². The third-order valence-corrected chi connectivity index (χ3v) is 1.06. The van der Waals surface area contributed by atoms with Gasteiger partial charge in [-0.05, 0) is 6.07 Å². The molecule has 1 heterocycles. The van der Waals surface area contributed by atoms with E-state index in [4.69, 9.17) is 10.6 Å². The number of halogens is 6. The van der Waals surface area contributed by atoms with Gasteiger partial charge in [0.05, 0.1) is 13.2 Å². The molecule has 0 saturated heterocycles. The average molecular weight is 270 g/mol. The normalized spacial score (nSPS) is 15.2. The standard InChI is InChI=1S/C6H9N2O.F6P/c1-9-6-4-2-3-5-8(6)7;1-7(2,3,4,5)6/h2-5H,7H2,1H3;/q+1;-1. The molecule has 0 saturated carbocycles. The fourth-order valence-corrected chi connectivity index (χ4v) is 0.613. The van der Waals surface area contributed by atoms with Gasteiger partial charge in [-0.2, -0.15) is 0 Å². The quantitative estimate of drug-likeness (QED) is 0.368. The average Bonchev–Trinajstić information content (AvgIpc) is 1.99. The number of hydrogen-bond acceptors (Lipinski definition) is 2. The topological polar surface area (TPSA) is 39.1 Å². The molecule has 0 bridgehead atoms. The molecular weight excluding hydrogens is 261 g/mol. The molecule has 0 aromatic carbocycles. The van der Waals surface area contributed by atoms with Gasteiger partial charge < -0.3 is 4.74 Å². The van der Waals surface area contributed by atoms with Crippen molar-refractivity contribution < 1.29 is 34.6 Å². The second kappa shape index (κ2) is 3.65. The first kappa shape index (κ1) is 14.8. The molecule has 0 fully saturated rings. The zero-order valence-corrected chi connectivity index (χ0v) is 8.85. The van der Waals surface area contributed by atoms with E-state index < -0.39 is 7.81 Å². The first-order valence-electron chi connectivity index (χ1n) is 3.66. The number of pyridine rings is 1. The van der Waals surface area contributed by atoms with Crippen LogP contribution >= 0.6 is 7.81 Å². The number of ether oxygens (including phenoxy) is 1. The fraction of sp³-hybridized carbons (Fsp3) is 0.167. The van der Waals surface area contributed by atoms with Gasteiger partial charge in [-0.15, -0.1) is 0 Å². The molecular formula is C6H9F6N2OP. The van der Waals surface area contributed by atoms with Crippen molar-refractivity contribution in [3.05, 3.63) is 24.4 Å². The molecule has 16 heavy (non-hydrogen) atoms. The van der Waals surface area contributed by atoms with Gasteiger partial charge in [-0.25, -0.2) is 5.84 Å². The zero-order valence-electron chi connectivity index (χ0n) is 7.96. The first-order valence-corrected chi connectivity index (χ1v) is 5.68. The van der Waals surface area contributed by atoms with Crippen LogP contribution < -0.4 is 15.3 Å². The Hall–Kier alpha value is -1.24. The molecule has 0 spiro atoms. The molecule has 0 aliphatic carbocycles. The summed E-state index contributed by atoms with van der Waals surface area (Å²) in [6.07, 6.45) is 1.72. The summed E-state index contributed by atoms with van der Waals surface area (Å²) < 4.78 is 65.5. The monoisotopic (exact) mass is 270 g/mol. The van der Waals surface area contributed by atoms with Gasteiger partial charge in [0.25, 0.3) is 0 Å². The van der Waals surface area contributed by atoms with Crippen LogP contribution in [0.25, 0.3) is 0 Å². The molecule has 96 valence electrons. The van der Waals surface area contributed by atoms with Crippen LogP contribution in [0.1, 0.15) is 0 Å². The summed E-state index contributed by atoms with van der Waals surface area (Å²) in [4.78, 5) is 0. The van der Waals surface area contributed by atoms with Crippen LogP contribution in [0.5, 0.6) is 5.88 Å².